The quantitative estimate of drug-likeness (QED) is 0.489. The van der Waals surface area contributed by atoms with Gasteiger partial charge in [0.2, 0.25) is 0 Å². The number of aliphatic hydroxyl groups excluding tert-OH is 1. The molecule has 0 aromatic rings. The van der Waals surface area contributed by atoms with Crippen molar-refractivity contribution < 1.29 is 5.11 Å². The predicted molar refractivity (Wildman–Crippen MR) is 42.7 cm³/mol. The molecule has 1 heterocycles. The van der Waals surface area contributed by atoms with Gasteiger partial charge in [-0.3, -0.25) is 5.84 Å². The molecule has 2 rings (SSSR count). The number of rotatable bonds is 0. The second kappa shape index (κ2) is 2.44. The van der Waals surface area contributed by atoms with Gasteiger partial charge in [0, 0.05) is 13.1 Å². The first-order valence-corrected chi connectivity index (χ1v) is 4.38. The first-order valence-electron chi connectivity index (χ1n) is 4.38. The predicted octanol–water partition coefficient (Wildman–Crippen LogP) is 0.0970. The molecule has 1 saturated carbocycles. The number of piperidine rings is 1. The second-order valence-electron chi connectivity index (χ2n) is 4.14. The summed E-state index contributed by atoms with van der Waals surface area (Å²) in [6.07, 6.45) is 4.36. The average molecular weight is 156 g/mol. The molecular formula is C8H16N2O. The molecule has 3 N–H and O–H groups in total. The number of nitrogens with zero attached hydrogens (tertiary/aromatic N) is 1. The van der Waals surface area contributed by atoms with Crippen LogP contribution in [0.15, 0.2) is 0 Å². The molecule has 0 aromatic carbocycles. The summed E-state index contributed by atoms with van der Waals surface area (Å²) in [5.41, 5.74) is 0.395. The van der Waals surface area contributed by atoms with E-state index in [1.807, 2.05) is 5.01 Å². The van der Waals surface area contributed by atoms with Crippen LogP contribution in [0.5, 0.6) is 0 Å². The Bertz CT molecular complexity index is 149. The van der Waals surface area contributed by atoms with Gasteiger partial charge in [-0.05, 0) is 31.1 Å². The molecule has 0 aromatic heterocycles. The lowest BCUT2D eigenvalue weighted by atomic mass is 9.63. The summed E-state index contributed by atoms with van der Waals surface area (Å²) in [7, 11) is 0. The zero-order valence-corrected chi connectivity index (χ0v) is 6.79. The van der Waals surface area contributed by atoms with E-state index in [0.29, 0.717) is 5.41 Å². The Morgan fingerprint density at radius 3 is 2.73 bits per heavy atom. The third-order valence-corrected chi connectivity index (χ3v) is 3.03. The van der Waals surface area contributed by atoms with Crippen LogP contribution in [0.25, 0.3) is 0 Å². The minimum Gasteiger partial charge on any atom is -0.393 e. The van der Waals surface area contributed by atoms with Gasteiger partial charge in [0.15, 0.2) is 0 Å². The van der Waals surface area contributed by atoms with Crippen molar-refractivity contribution >= 4 is 0 Å². The van der Waals surface area contributed by atoms with Crippen LogP contribution >= 0.6 is 0 Å². The summed E-state index contributed by atoms with van der Waals surface area (Å²) in [6.45, 7) is 2.02. The van der Waals surface area contributed by atoms with Crippen molar-refractivity contribution in [3.8, 4) is 0 Å². The summed E-state index contributed by atoms with van der Waals surface area (Å²) >= 11 is 0. The molecule has 0 radical (unpaired) electrons. The number of hydrogen-bond donors (Lipinski definition) is 2. The standard InChI is InChI=1S/C8H16N2O/c9-10-3-1-2-8(6-10)4-7(11)5-8/h7,11H,1-6,9H2. The van der Waals surface area contributed by atoms with Gasteiger partial charge in [0.1, 0.15) is 0 Å². The number of hydrazine groups is 1. The fourth-order valence-electron chi connectivity index (χ4n) is 2.52. The zero-order valence-electron chi connectivity index (χ0n) is 6.79. The topological polar surface area (TPSA) is 49.5 Å². The molecule has 2 aliphatic rings. The molecule has 11 heavy (non-hydrogen) atoms. The summed E-state index contributed by atoms with van der Waals surface area (Å²) in [6, 6.07) is 0. The smallest absolute Gasteiger partial charge is 0.0551 e. The summed E-state index contributed by atoms with van der Waals surface area (Å²) in [5.74, 6) is 5.72. The Labute approximate surface area is 67.1 Å². The summed E-state index contributed by atoms with van der Waals surface area (Å²) < 4.78 is 0. The third kappa shape index (κ3) is 1.28. The van der Waals surface area contributed by atoms with Crippen molar-refractivity contribution in [2.45, 2.75) is 31.8 Å². The molecule has 3 heteroatoms. The van der Waals surface area contributed by atoms with Gasteiger partial charge in [-0.2, -0.15) is 0 Å². The van der Waals surface area contributed by atoms with E-state index in [1.165, 1.54) is 12.8 Å². The average Bonchev–Trinajstić information content (AvgIpc) is 1.84. The van der Waals surface area contributed by atoms with Crippen LogP contribution in [0.2, 0.25) is 0 Å². The lowest BCUT2D eigenvalue weighted by molar-refractivity contribution is -0.0745. The van der Waals surface area contributed by atoms with Crippen molar-refractivity contribution in [1.82, 2.24) is 5.01 Å². The van der Waals surface area contributed by atoms with E-state index in [4.69, 9.17) is 5.84 Å². The molecule has 0 bridgehead atoms. The van der Waals surface area contributed by atoms with Gasteiger partial charge in [-0.25, -0.2) is 5.01 Å². The van der Waals surface area contributed by atoms with Crippen molar-refractivity contribution in [2.75, 3.05) is 13.1 Å². The minimum atomic E-state index is -0.0403. The van der Waals surface area contributed by atoms with Crippen LogP contribution in [0, 0.1) is 5.41 Å². The molecule has 0 atom stereocenters. The van der Waals surface area contributed by atoms with Crippen molar-refractivity contribution in [3.05, 3.63) is 0 Å². The normalized spacial score (nSPS) is 45.8. The third-order valence-electron chi connectivity index (χ3n) is 3.03. The van der Waals surface area contributed by atoms with Gasteiger partial charge >= 0.3 is 0 Å². The highest BCUT2D eigenvalue weighted by molar-refractivity contribution is 4.97. The Balaban J connectivity index is 1.93. The molecule has 3 nitrogen and oxygen atoms in total. The van der Waals surface area contributed by atoms with Crippen LogP contribution < -0.4 is 5.84 Å². The number of nitrogens with two attached hydrogens (primary N) is 1. The fraction of sp³-hybridized carbons (Fsp3) is 1.00. The largest absolute Gasteiger partial charge is 0.393 e. The zero-order chi connectivity index (χ0) is 7.90. The molecule has 1 saturated heterocycles. The molecular weight excluding hydrogens is 140 g/mol. The maximum atomic E-state index is 9.19. The van der Waals surface area contributed by atoms with Gasteiger partial charge < -0.3 is 5.11 Å². The molecule has 0 unspecified atom stereocenters. The highest BCUT2D eigenvalue weighted by atomic mass is 16.3. The summed E-state index contributed by atoms with van der Waals surface area (Å²) in [5, 5.41) is 11.1. The van der Waals surface area contributed by atoms with Crippen LogP contribution in [0.1, 0.15) is 25.7 Å². The summed E-state index contributed by atoms with van der Waals surface area (Å²) in [4.78, 5) is 0. The van der Waals surface area contributed by atoms with Crippen LogP contribution in [0.4, 0.5) is 0 Å². The van der Waals surface area contributed by atoms with Crippen LogP contribution in [-0.4, -0.2) is 29.3 Å². The Hall–Kier alpha value is -0.120. The van der Waals surface area contributed by atoms with E-state index in [-0.39, 0.29) is 6.10 Å². The number of aliphatic hydroxyl groups is 1. The first-order chi connectivity index (χ1) is 5.20. The van der Waals surface area contributed by atoms with E-state index < -0.39 is 0 Å². The van der Waals surface area contributed by atoms with E-state index in [1.54, 1.807) is 0 Å². The second-order valence-corrected chi connectivity index (χ2v) is 4.14. The maximum Gasteiger partial charge on any atom is 0.0551 e. The van der Waals surface area contributed by atoms with Crippen molar-refractivity contribution in [1.29, 1.82) is 0 Å². The van der Waals surface area contributed by atoms with E-state index in [2.05, 4.69) is 0 Å². The van der Waals surface area contributed by atoms with Gasteiger partial charge in [-0.15, -0.1) is 0 Å². The highest BCUT2D eigenvalue weighted by Crippen LogP contribution is 2.46. The number of hydrogen-bond acceptors (Lipinski definition) is 3. The van der Waals surface area contributed by atoms with Crippen LogP contribution in [-0.2, 0) is 0 Å². The Morgan fingerprint density at radius 1 is 1.45 bits per heavy atom. The Kier molecular flexibility index (Phi) is 1.67. The van der Waals surface area contributed by atoms with Gasteiger partial charge in [0.25, 0.3) is 0 Å². The Morgan fingerprint density at radius 2 is 2.18 bits per heavy atom. The molecule has 1 aliphatic carbocycles. The van der Waals surface area contributed by atoms with E-state index >= 15 is 0 Å². The molecule has 2 fully saturated rings. The molecule has 1 aliphatic heterocycles. The van der Waals surface area contributed by atoms with Crippen LogP contribution in [0.3, 0.4) is 0 Å². The fourth-order valence-corrected chi connectivity index (χ4v) is 2.52. The van der Waals surface area contributed by atoms with Crippen molar-refractivity contribution in [3.63, 3.8) is 0 Å². The molecule has 1 spiro atoms. The first kappa shape index (κ1) is 7.53. The minimum absolute atomic E-state index is 0.0403. The SMILES string of the molecule is NN1CCCC2(CC(O)C2)C1. The maximum absolute atomic E-state index is 9.19. The molecule has 0 amide bonds. The monoisotopic (exact) mass is 156 g/mol. The van der Waals surface area contributed by atoms with Gasteiger partial charge in [-0.1, -0.05) is 0 Å². The lowest BCUT2D eigenvalue weighted by Gasteiger charge is -2.50. The van der Waals surface area contributed by atoms with Crippen molar-refractivity contribution in [2.24, 2.45) is 11.3 Å². The lowest BCUT2D eigenvalue weighted by Crippen LogP contribution is -2.54. The van der Waals surface area contributed by atoms with E-state index in [0.717, 1.165) is 25.9 Å². The highest BCUT2D eigenvalue weighted by Gasteiger charge is 2.45. The molecule has 64 valence electrons. The van der Waals surface area contributed by atoms with E-state index in [9.17, 15) is 5.11 Å². The van der Waals surface area contributed by atoms with Gasteiger partial charge in [0.05, 0.1) is 6.10 Å².